The highest BCUT2D eigenvalue weighted by molar-refractivity contribution is 5.90. The second kappa shape index (κ2) is 8.76. The van der Waals surface area contributed by atoms with Crippen LogP contribution in [0.2, 0.25) is 0 Å². The highest BCUT2D eigenvalue weighted by Crippen LogP contribution is 2.39. The van der Waals surface area contributed by atoms with Crippen LogP contribution in [-0.2, 0) is 20.8 Å². The first-order valence-electron chi connectivity index (χ1n) is 10.3. The first-order valence-corrected chi connectivity index (χ1v) is 10.3. The van der Waals surface area contributed by atoms with Crippen molar-refractivity contribution in [3.05, 3.63) is 35.9 Å². The van der Waals surface area contributed by atoms with E-state index in [9.17, 15) is 14.4 Å². The van der Waals surface area contributed by atoms with Crippen LogP contribution in [-0.4, -0.2) is 60.7 Å². The first-order chi connectivity index (χ1) is 13.4. The molecule has 1 unspecified atom stereocenters. The molecule has 1 aliphatic carbocycles. The van der Waals surface area contributed by atoms with E-state index in [-0.39, 0.29) is 17.7 Å². The molecule has 1 N–H and O–H groups in total. The molecule has 1 heterocycles. The standard InChI is InChI=1S/C22H31N3O3/c1-24(2)21(28)22(12-6-7-13-22)16-23-20(27)18-11-8-14-25(18)19(26)15-17-9-4-3-5-10-17/h3-5,9-10,18H,6-8,11-16H2,1-2H3,(H,23,27). The van der Waals surface area contributed by atoms with Crippen LogP contribution in [0.15, 0.2) is 30.3 Å². The quantitative estimate of drug-likeness (QED) is 0.814. The number of likely N-dealkylation sites (tertiary alicyclic amines) is 1. The van der Waals surface area contributed by atoms with Gasteiger partial charge in [0.2, 0.25) is 17.7 Å². The summed E-state index contributed by atoms with van der Waals surface area (Å²) in [5, 5.41) is 3.01. The molecule has 1 atom stereocenters. The number of hydrogen-bond donors (Lipinski definition) is 1. The van der Waals surface area contributed by atoms with Crippen LogP contribution in [0.3, 0.4) is 0 Å². The SMILES string of the molecule is CN(C)C(=O)C1(CNC(=O)C2CCCN2C(=O)Cc2ccccc2)CCCC1. The maximum atomic E-state index is 12.9. The van der Waals surface area contributed by atoms with Crippen molar-refractivity contribution in [2.75, 3.05) is 27.2 Å². The molecule has 2 aliphatic rings. The number of benzene rings is 1. The Balaban J connectivity index is 1.61. The zero-order valence-corrected chi connectivity index (χ0v) is 16.9. The van der Waals surface area contributed by atoms with E-state index in [0.29, 0.717) is 25.9 Å². The molecule has 3 rings (SSSR count). The molecular formula is C22H31N3O3. The summed E-state index contributed by atoms with van der Waals surface area (Å²) in [5.74, 6) is -0.0470. The maximum Gasteiger partial charge on any atom is 0.242 e. The highest BCUT2D eigenvalue weighted by Gasteiger charge is 2.43. The lowest BCUT2D eigenvalue weighted by Gasteiger charge is -2.32. The van der Waals surface area contributed by atoms with Gasteiger partial charge in [-0.05, 0) is 31.2 Å². The number of nitrogens with zero attached hydrogens (tertiary/aromatic N) is 2. The molecule has 0 aromatic heterocycles. The Morgan fingerprint density at radius 2 is 1.79 bits per heavy atom. The van der Waals surface area contributed by atoms with E-state index in [1.54, 1.807) is 23.9 Å². The molecule has 1 saturated heterocycles. The van der Waals surface area contributed by atoms with Crippen molar-refractivity contribution in [1.29, 1.82) is 0 Å². The van der Waals surface area contributed by atoms with Gasteiger partial charge in [0.1, 0.15) is 6.04 Å². The van der Waals surface area contributed by atoms with Crippen molar-refractivity contribution in [3.8, 4) is 0 Å². The Kier molecular flexibility index (Phi) is 6.37. The highest BCUT2D eigenvalue weighted by atomic mass is 16.2. The van der Waals surface area contributed by atoms with E-state index >= 15 is 0 Å². The number of carbonyl (C=O) groups excluding carboxylic acids is 3. The maximum absolute atomic E-state index is 12.9. The summed E-state index contributed by atoms with van der Waals surface area (Å²) < 4.78 is 0. The molecular weight excluding hydrogens is 354 g/mol. The molecule has 1 saturated carbocycles. The molecule has 28 heavy (non-hydrogen) atoms. The minimum absolute atomic E-state index is 0.0104. The third-order valence-corrected chi connectivity index (χ3v) is 6.10. The van der Waals surface area contributed by atoms with E-state index in [0.717, 1.165) is 37.7 Å². The summed E-state index contributed by atoms with van der Waals surface area (Å²) in [5.41, 5.74) is 0.469. The van der Waals surface area contributed by atoms with Crippen molar-refractivity contribution in [2.24, 2.45) is 5.41 Å². The number of nitrogens with one attached hydrogen (secondary N) is 1. The molecule has 6 heteroatoms. The van der Waals surface area contributed by atoms with Crippen molar-refractivity contribution in [1.82, 2.24) is 15.1 Å². The molecule has 6 nitrogen and oxygen atoms in total. The van der Waals surface area contributed by atoms with Gasteiger partial charge in [0.05, 0.1) is 11.8 Å². The fourth-order valence-corrected chi connectivity index (χ4v) is 4.58. The molecule has 0 radical (unpaired) electrons. The van der Waals surface area contributed by atoms with Crippen LogP contribution < -0.4 is 5.32 Å². The minimum Gasteiger partial charge on any atom is -0.353 e. The molecule has 2 fully saturated rings. The second-order valence-electron chi connectivity index (χ2n) is 8.31. The van der Waals surface area contributed by atoms with Crippen molar-refractivity contribution in [2.45, 2.75) is 51.0 Å². The van der Waals surface area contributed by atoms with Gasteiger partial charge in [-0.2, -0.15) is 0 Å². The van der Waals surface area contributed by atoms with Crippen LogP contribution in [0.25, 0.3) is 0 Å². The van der Waals surface area contributed by atoms with Crippen LogP contribution >= 0.6 is 0 Å². The topological polar surface area (TPSA) is 69.7 Å². The van der Waals surface area contributed by atoms with Gasteiger partial charge in [-0.1, -0.05) is 43.2 Å². The van der Waals surface area contributed by atoms with Gasteiger partial charge in [-0.3, -0.25) is 14.4 Å². The summed E-state index contributed by atoms with van der Waals surface area (Å²) in [7, 11) is 3.54. The summed E-state index contributed by atoms with van der Waals surface area (Å²) in [6.45, 7) is 0.978. The van der Waals surface area contributed by atoms with Gasteiger partial charge < -0.3 is 15.1 Å². The Labute approximate surface area is 167 Å². The Bertz CT molecular complexity index is 711. The largest absolute Gasteiger partial charge is 0.353 e. The summed E-state index contributed by atoms with van der Waals surface area (Å²) in [6.07, 6.45) is 5.48. The molecule has 3 amide bonds. The second-order valence-corrected chi connectivity index (χ2v) is 8.31. The molecule has 1 aromatic rings. The molecule has 1 aliphatic heterocycles. The normalized spacial score (nSPS) is 20.8. The predicted octanol–water partition coefficient (Wildman–Crippen LogP) is 1.98. The van der Waals surface area contributed by atoms with Gasteiger partial charge in [0.25, 0.3) is 0 Å². The minimum atomic E-state index is -0.489. The van der Waals surface area contributed by atoms with Crippen molar-refractivity contribution >= 4 is 17.7 Å². The van der Waals surface area contributed by atoms with E-state index < -0.39 is 11.5 Å². The lowest BCUT2D eigenvalue weighted by molar-refractivity contribution is -0.141. The fourth-order valence-electron chi connectivity index (χ4n) is 4.58. The summed E-state index contributed by atoms with van der Waals surface area (Å²) in [6, 6.07) is 9.19. The average molecular weight is 386 g/mol. The van der Waals surface area contributed by atoms with Crippen LogP contribution in [0, 0.1) is 5.41 Å². The summed E-state index contributed by atoms with van der Waals surface area (Å²) in [4.78, 5) is 41.6. The van der Waals surface area contributed by atoms with Crippen molar-refractivity contribution < 1.29 is 14.4 Å². The van der Waals surface area contributed by atoms with Gasteiger partial charge in [0, 0.05) is 27.2 Å². The molecule has 152 valence electrons. The fraction of sp³-hybridized carbons (Fsp3) is 0.591. The predicted molar refractivity (Wildman–Crippen MR) is 107 cm³/mol. The lowest BCUT2D eigenvalue weighted by Crippen LogP contribution is -2.51. The molecule has 0 bridgehead atoms. The average Bonchev–Trinajstić information content (AvgIpc) is 3.36. The van der Waals surface area contributed by atoms with E-state index in [4.69, 9.17) is 0 Å². The van der Waals surface area contributed by atoms with Crippen LogP contribution in [0.1, 0.15) is 44.1 Å². The zero-order valence-electron chi connectivity index (χ0n) is 16.9. The van der Waals surface area contributed by atoms with Crippen LogP contribution in [0.4, 0.5) is 0 Å². The lowest BCUT2D eigenvalue weighted by atomic mass is 9.84. The van der Waals surface area contributed by atoms with E-state index in [2.05, 4.69) is 5.32 Å². The van der Waals surface area contributed by atoms with Gasteiger partial charge in [0.15, 0.2) is 0 Å². The number of amides is 3. The Hall–Kier alpha value is -2.37. The van der Waals surface area contributed by atoms with Crippen molar-refractivity contribution in [3.63, 3.8) is 0 Å². The van der Waals surface area contributed by atoms with Crippen LogP contribution in [0.5, 0.6) is 0 Å². The Morgan fingerprint density at radius 1 is 1.11 bits per heavy atom. The van der Waals surface area contributed by atoms with Gasteiger partial charge in [-0.15, -0.1) is 0 Å². The summed E-state index contributed by atoms with van der Waals surface area (Å²) >= 11 is 0. The van der Waals surface area contributed by atoms with Gasteiger partial charge >= 0.3 is 0 Å². The van der Waals surface area contributed by atoms with Gasteiger partial charge in [-0.25, -0.2) is 0 Å². The first kappa shape index (κ1) is 20.4. The zero-order chi connectivity index (χ0) is 20.1. The number of hydrogen-bond acceptors (Lipinski definition) is 3. The van der Waals surface area contributed by atoms with E-state index in [1.165, 1.54) is 0 Å². The molecule has 1 aromatic carbocycles. The monoisotopic (exact) mass is 385 g/mol. The smallest absolute Gasteiger partial charge is 0.242 e. The molecule has 0 spiro atoms. The van der Waals surface area contributed by atoms with E-state index in [1.807, 2.05) is 30.3 Å². The number of carbonyl (C=O) groups is 3. The third-order valence-electron chi connectivity index (χ3n) is 6.10. The number of rotatable bonds is 6. The third kappa shape index (κ3) is 4.37. The Morgan fingerprint density at radius 3 is 2.43 bits per heavy atom.